The monoisotopic (exact) mass is 358 g/mol. The van der Waals surface area contributed by atoms with E-state index >= 15 is 0 Å². The molecule has 0 saturated carbocycles. The second-order valence-electron chi connectivity index (χ2n) is 7.27. The Kier molecular flexibility index (Phi) is 5.38. The lowest BCUT2D eigenvalue weighted by Gasteiger charge is -2.27. The summed E-state index contributed by atoms with van der Waals surface area (Å²) in [5.41, 5.74) is 2.50. The van der Waals surface area contributed by atoms with Gasteiger partial charge in [0.2, 0.25) is 5.91 Å². The van der Waals surface area contributed by atoms with E-state index in [2.05, 4.69) is 76.9 Å². The van der Waals surface area contributed by atoms with Gasteiger partial charge in [-0.1, -0.05) is 60.7 Å². The lowest BCUT2D eigenvalue weighted by molar-refractivity contribution is -0.121. The number of carbonyl (C=O) groups is 1. The second-order valence-corrected chi connectivity index (χ2v) is 7.27. The minimum absolute atomic E-state index is 0.142. The van der Waals surface area contributed by atoms with Crippen molar-refractivity contribution in [2.75, 3.05) is 18.0 Å². The average Bonchev–Trinajstić information content (AvgIpc) is 3.20. The molecule has 3 nitrogen and oxygen atoms in total. The maximum atomic E-state index is 12.4. The Morgan fingerprint density at radius 3 is 2.63 bits per heavy atom. The van der Waals surface area contributed by atoms with Gasteiger partial charge in [0.25, 0.3) is 0 Å². The molecule has 0 spiro atoms. The molecule has 0 bridgehead atoms. The molecule has 3 heteroatoms. The van der Waals surface area contributed by atoms with Crippen LogP contribution in [0.5, 0.6) is 0 Å². The van der Waals surface area contributed by atoms with E-state index in [9.17, 15) is 4.79 Å². The van der Waals surface area contributed by atoms with E-state index in [-0.39, 0.29) is 5.91 Å². The molecule has 138 valence electrons. The summed E-state index contributed by atoms with van der Waals surface area (Å²) in [6.45, 7) is 1.80. The number of anilines is 1. The third kappa shape index (κ3) is 4.13. The first-order valence-electron chi connectivity index (χ1n) is 9.86. The van der Waals surface area contributed by atoms with Crippen molar-refractivity contribution in [3.8, 4) is 0 Å². The number of aryl methyl sites for hydroxylation is 1. The fourth-order valence-corrected chi connectivity index (χ4v) is 4.09. The highest BCUT2D eigenvalue weighted by Crippen LogP contribution is 2.25. The Labute approximate surface area is 161 Å². The number of fused-ring (bicyclic) bond motifs is 1. The standard InChI is InChI=1S/C24H26N2O/c27-24(16-15-20-10-6-9-19-8-4-5-14-23(19)20)25-18-22-13-7-17-26(22)21-11-2-1-3-12-21/h1-6,8-12,14,22H,7,13,15-18H2,(H,25,27)/t22-/m1/s1. The van der Waals surface area contributed by atoms with Crippen LogP contribution in [0.25, 0.3) is 10.8 Å². The molecule has 4 rings (SSSR count). The van der Waals surface area contributed by atoms with E-state index in [0.717, 1.165) is 25.9 Å². The van der Waals surface area contributed by atoms with E-state index in [1.807, 2.05) is 6.07 Å². The van der Waals surface area contributed by atoms with Crippen molar-refractivity contribution in [3.05, 3.63) is 78.4 Å². The molecule has 3 aromatic rings. The van der Waals surface area contributed by atoms with Gasteiger partial charge in [-0.3, -0.25) is 4.79 Å². The zero-order valence-electron chi connectivity index (χ0n) is 15.6. The van der Waals surface area contributed by atoms with Crippen LogP contribution < -0.4 is 10.2 Å². The number of amides is 1. The molecule has 1 amide bonds. The third-order valence-corrected chi connectivity index (χ3v) is 5.50. The first-order valence-corrected chi connectivity index (χ1v) is 9.86. The highest BCUT2D eigenvalue weighted by Gasteiger charge is 2.24. The first-order chi connectivity index (χ1) is 13.3. The van der Waals surface area contributed by atoms with Gasteiger partial charge in [-0.2, -0.15) is 0 Å². The highest BCUT2D eigenvalue weighted by atomic mass is 16.1. The Bertz CT molecular complexity index is 901. The topological polar surface area (TPSA) is 32.3 Å². The van der Waals surface area contributed by atoms with Crippen molar-refractivity contribution in [3.63, 3.8) is 0 Å². The van der Waals surface area contributed by atoms with E-state index in [1.54, 1.807) is 0 Å². The van der Waals surface area contributed by atoms with Gasteiger partial charge >= 0.3 is 0 Å². The zero-order valence-corrected chi connectivity index (χ0v) is 15.6. The number of nitrogens with zero attached hydrogens (tertiary/aromatic N) is 1. The van der Waals surface area contributed by atoms with E-state index < -0.39 is 0 Å². The van der Waals surface area contributed by atoms with Crippen molar-refractivity contribution in [1.82, 2.24) is 5.32 Å². The van der Waals surface area contributed by atoms with Crippen molar-refractivity contribution in [2.24, 2.45) is 0 Å². The Morgan fingerprint density at radius 1 is 0.963 bits per heavy atom. The lowest BCUT2D eigenvalue weighted by atomic mass is 10.0. The molecule has 1 saturated heterocycles. The minimum Gasteiger partial charge on any atom is -0.367 e. The number of hydrogen-bond donors (Lipinski definition) is 1. The van der Waals surface area contributed by atoms with Crippen LogP contribution in [0.1, 0.15) is 24.8 Å². The molecule has 3 aromatic carbocycles. The van der Waals surface area contributed by atoms with Crippen LogP contribution in [-0.2, 0) is 11.2 Å². The van der Waals surface area contributed by atoms with Gasteiger partial charge < -0.3 is 10.2 Å². The SMILES string of the molecule is O=C(CCc1cccc2ccccc12)NC[C@H]1CCCN1c1ccccc1. The molecule has 0 unspecified atom stereocenters. The summed E-state index contributed by atoms with van der Waals surface area (Å²) in [5, 5.41) is 5.65. The first kappa shape index (κ1) is 17.6. The quantitative estimate of drug-likeness (QED) is 0.701. The molecular weight excluding hydrogens is 332 g/mol. The van der Waals surface area contributed by atoms with Crippen molar-refractivity contribution < 1.29 is 4.79 Å². The summed E-state index contributed by atoms with van der Waals surface area (Å²) in [4.78, 5) is 14.8. The minimum atomic E-state index is 0.142. The lowest BCUT2D eigenvalue weighted by Crippen LogP contribution is -2.40. The van der Waals surface area contributed by atoms with Crippen LogP contribution >= 0.6 is 0 Å². The van der Waals surface area contributed by atoms with Crippen molar-refractivity contribution >= 4 is 22.4 Å². The maximum Gasteiger partial charge on any atom is 0.220 e. The average molecular weight is 358 g/mol. The predicted octanol–water partition coefficient (Wildman–Crippen LogP) is 4.56. The molecule has 1 atom stereocenters. The highest BCUT2D eigenvalue weighted by molar-refractivity contribution is 5.86. The Hall–Kier alpha value is -2.81. The van der Waals surface area contributed by atoms with E-state index in [1.165, 1.54) is 28.4 Å². The summed E-state index contributed by atoms with van der Waals surface area (Å²) < 4.78 is 0. The van der Waals surface area contributed by atoms with Crippen molar-refractivity contribution in [1.29, 1.82) is 0 Å². The Balaban J connectivity index is 1.32. The number of para-hydroxylation sites is 1. The van der Waals surface area contributed by atoms with Crippen LogP contribution in [0.15, 0.2) is 72.8 Å². The van der Waals surface area contributed by atoms with Gasteiger partial charge in [-0.15, -0.1) is 0 Å². The molecule has 0 aromatic heterocycles. The summed E-state index contributed by atoms with van der Waals surface area (Å²) in [6, 6.07) is 25.6. The molecule has 0 radical (unpaired) electrons. The molecule has 1 fully saturated rings. The number of nitrogens with one attached hydrogen (secondary N) is 1. The number of hydrogen-bond acceptors (Lipinski definition) is 2. The van der Waals surface area contributed by atoms with E-state index in [4.69, 9.17) is 0 Å². The molecule has 1 N–H and O–H groups in total. The van der Waals surface area contributed by atoms with Gasteiger partial charge in [0.05, 0.1) is 0 Å². The smallest absolute Gasteiger partial charge is 0.220 e. The molecule has 27 heavy (non-hydrogen) atoms. The number of rotatable bonds is 6. The predicted molar refractivity (Wildman–Crippen MR) is 112 cm³/mol. The fraction of sp³-hybridized carbons (Fsp3) is 0.292. The molecular formula is C24H26N2O. The van der Waals surface area contributed by atoms with Gasteiger partial charge in [0.15, 0.2) is 0 Å². The van der Waals surface area contributed by atoms with Crippen LogP contribution in [0.4, 0.5) is 5.69 Å². The summed E-state index contributed by atoms with van der Waals surface area (Å²) >= 11 is 0. The van der Waals surface area contributed by atoms with Gasteiger partial charge in [0, 0.05) is 31.2 Å². The molecule has 1 heterocycles. The maximum absolute atomic E-state index is 12.4. The van der Waals surface area contributed by atoms with Crippen LogP contribution in [0.3, 0.4) is 0 Å². The summed E-state index contributed by atoms with van der Waals surface area (Å²) in [7, 11) is 0. The number of benzene rings is 3. The number of carbonyl (C=O) groups excluding carboxylic acids is 1. The van der Waals surface area contributed by atoms with Gasteiger partial charge in [0.1, 0.15) is 0 Å². The van der Waals surface area contributed by atoms with Gasteiger partial charge in [-0.05, 0) is 47.7 Å². The third-order valence-electron chi connectivity index (χ3n) is 5.50. The molecule has 1 aliphatic rings. The normalized spacial score (nSPS) is 16.6. The molecule has 1 aliphatic heterocycles. The van der Waals surface area contributed by atoms with Crippen LogP contribution in [0.2, 0.25) is 0 Å². The summed E-state index contributed by atoms with van der Waals surface area (Å²) in [6.07, 6.45) is 3.64. The van der Waals surface area contributed by atoms with Crippen molar-refractivity contribution in [2.45, 2.75) is 31.7 Å². The van der Waals surface area contributed by atoms with Crippen LogP contribution in [-0.4, -0.2) is 25.0 Å². The second kappa shape index (κ2) is 8.26. The molecule has 0 aliphatic carbocycles. The largest absolute Gasteiger partial charge is 0.367 e. The van der Waals surface area contributed by atoms with Gasteiger partial charge in [-0.25, -0.2) is 0 Å². The fourth-order valence-electron chi connectivity index (χ4n) is 4.09. The zero-order chi connectivity index (χ0) is 18.5. The van der Waals surface area contributed by atoms with Crippen LogP contribution in [0, 0.1) is 0 Å². The summed E-state index contributed by atoms with van der Waals surface area (Å²) in [5.74, 6) is 0.142. The Morgan fingerprint density at radius 2 is 1.74 bits per heavy atom. The van der Waals surface area contributed by atoms with E-state index in [0.29, 0.717) is 12.5 Å².